The van der Waals surface area contributed by atoms with Gasteiger partial charge < -0.3 is 15.0 Å². The molecule has 1 fully saturated rings. The predicted octanol–water partition coefficient (Wildman–Crippen LogP) is 2.71. The summed E-state index contributed by atoms with van der Waals surface area (Å²) in [5.41, 5.74) is -0.872. The summed E-state index contributed by atoms with van der Waals surface area (Å²) < 4.78 is 44.1. The van der Waals surface area contributed by atoms with Crippen molar-refractivity contribution in [2.75, 3.05) is 19.6 Å². The Morgan fingerprint density at radius 1 is 1.39 bits per heavy atom. The van der Waals surface area contributed by atoms with Crippen LogP contribution in [-0.2, 0) is 11.0 Å². The molecule has 1 unspecified atom stereocenters. The summed E-state index contributed by atoms with van der Waals surface area (Å²) in [7, 11) is 0. The molecule has 0 radical (unpaired) electrons. The molecular formula is C15H20ClF3N2O2. The molecule has 1 aromatic rings. The maximum Gasteiger partial charge on any atom is 0.419 e. The molecule has 1 aliphatic heterocycles. The molecule has 0 spiro atoms. The minimum atomic E-state index is -4.51. The van der Waals surface area contributed by atoms with Crippen LogP contribution in [0.25, 0.3) is 0 Å². The molecule has 0 bridgehead atoms. The van der Waals surface area contributed by atoms with Gasteiger partial charge in [0, 0.05) is 25.7 Å². The Hall–Kier alpha value is -1.47. The van der Waals surface area contributed by atoms with Crippen molar-refractivity contribution >= 4 is 18.3 Å². The van der Waals surface area contributed by atoms with Crippen LogP contribution in [0.15, 0.2) is 24.3 Å². The number of ether oxygens (including phenoxy) is 1. The quantitative estimate of drug-likeness (QED) is 0.909. The van der Waals surface area contributed by atoms with E-state index in [4.69, 9.17) is 4.74 Å². The summed E-state index contributed by atoms with van der Waals surface area (Å²) in [5.74, 6) is -0.621. The first-order valence-electron chi connectivity index (χ1n) is 7.15. The van der Waals surface area contributed by atoms with Gasteiger partial charge >= 0.3 is 6.18 Å². The van der Waals surface area contributed by atoms with Crippen LogP contribution in [0, 0.1) is 0 Å². The van der Waals surface area contributed by atoms with Crippen molar-refractivity contribution < 1.29 is 22.7 Å². The molecule has 8 heteroatoms. The largest absolute Gasteiger partial charge is 0.480 e. The molecule has 0 saturated carbocycles. The van der Waals surface area contributed by atoms with Crippen molar-refractivity contribution in [1.82, 2.24) is 10.2 Å². The van der Waals surface area contributed by atoms with Gasteiger partial charge in [0.2, 0.25) is 0 Å². The van der Waals surface area contributed by atoms with Crippen molar-refractivity contribution in [1.29, 1.82) is 0 Å². The van der Waals surface area contributed by atoms with E-state index in [-0.39, 0.29) is 30.1 Å². The van der Waals surface area contributed by atoms with Gasteiger partial charge in [-0.15, -0.1) is 12.4 Å². The van der Waals surface area contributed by atoms with Gasteiger partial charge in [-0.1, -0.05) is 12.1 Å². The minimum Gasteiger partial charge on any atom is -0.480 e. The van der Waals surface area contributed by atoms with Gasteiger partial charge in [-0.05, 0) is 26.0 Å². The van der Waals surface area contributed by atoms with Crippen LogP contribution in [0.3, 0.4) is 0 Å². The van der Waals surface area contributed by atoms with E-state index in [2.05, 4.69) is 5.32 Å². The average Bonchev–Trinajstić information content (AvgIpc) is 2.46. The highest BCUT2D eigenvalue weighted by Gasteiger charge is 2.35. The first kappa shape index (κ1) is 19.6. The summed E-state index contributed by atoms with van der Waals surface area (Å²) in [4.78, 5) is 14.0. The topological polar surface area (TPSA) is 41.6 Å². The standard InChI is InChI=1S/C15H19F3N2O2.ClH/c1-10-9-19-7-8-20(10)14(21)11(2)22-13-6-4-3-5-12(13)15(16,17)18;/h3-6,10-11,19H,7-9H2,1-2H3;1H/t10-,11?;/m1./s1. The van der Waals surface area contributed by atoms with Gasteiger partial charge in [-0.2, -0.15) is 13.2 Å². The minimum absolute atomic E-state index is 0. The van der Waals surface area contributed by atoms with Gasteiger partial charge in [-0.3, -0.25) is 4.79 Å². The normalized spacial score (nSPS) is 19.7. The fourth-order valence-corrected chi connectivity index (χ4v) is 2.45. The second-order valence-electron chi connectivity index (χ2n) is 5.34. The average molecular weight is 353 g/mol. The second kappa shape index (κ2) is 7.88. The van der Waals surface area contributed by atoms with Crippen LogP contribution in [-0.4, -0.2) is 42.6 Å². The number of nitrogens with one attached hydrogen (secondary N) is 1. The number of benzene rings is 1. The molecule has 2 rings (SSSR count). The highest BCUT2D eigenvalue weighted by Crippen LogP contribution is 2.36. The van der Waals surface area contributed by atoms with E-state index in [1.165, 1.54) is 25.1 Å². The Kier molecular flexibility index (Phi) is 6.70. The third kappa shape index (κ3) is 4.75. The molecule has 1 aromatic carbocycles. The molecule has 0 aromatic heterocycles. The molecule has 1 N–H and O–H groups in total. The number of para-hydroxylation sites is 1. The monoisotopic (exact) mass is 352 g/mol. The van der Waals surface area contributed by atoms with Crippen LogP contribution in [0.4, 0.5) is 13.2 Å². The number of alkyl halides is 3. The zero-order valence-corrected chi connectivity index (χ0v) is 13.7. The summed E-state index contributed by atoms with van der Waals surface area (Å²) in [6.45, 7) is 5.22. The fraction of sp³-hybridized carbons (Fsp3) is 0.533. The van der Waals surface area contributed by atoms with E-state index in [0.717, 1.165) is 6.07 Å². The van der Waals surface area contributed by atoms with Crippen LogP contribution in [0.2, 0.25) is 0 Å². The Morgan fingerprint density at radius 2 is 2.04 bits per heavy atom. The van der Waals surface area contributed by atoms with E-state index in [1.807, 2.05) is 6.92 Å². The molecule has 1 saturated heterocycles. The summed E-state index contributed by atoms with van der Waals surface area (Å²) in [6, 6.07) is 4.91. The van der Waals surface area contributed by atoms with Crippen molar-refractivity contribution in [3.8, 4) is 5.75 Å². The summed E-state index contributed by atoms with van der Waals surface area (Å²) in [5, 5.41) is 3.15. The van der Waals surface area contributed by atoms with Crippen LogP contribution < -0.4 is 10.1 Å². The molecule has 1 aliphatic rings. The Balaban J connectivity index is 0.00000264. The van der Waals surface area contributed by atoms with Crippen molar-refractivity contribution in [3.05, 3.63) is 29.8 Å². The number of rotatable bonds is 3. The fourth-order valence-electron chi connectivity index (χ4n) is 2.45. The highest BCUT2D eigenvalue weighted by atomic mass is 35.5. The highest BCUT2D eigenvalue weighted by molar-refractivity contribution is 5.85. The smallest absolute Gasteiger partial charge is 0.419 e. The third-order valence-corrected chi connectivity index (χ3v) is 3.63. The number of carbonyl (C=O) groups is 1. The number of hydrogen-bond donors (Lipinski definition) is 1. The number of hydrogen-bond acceptors (Lipinski definition) is 3. The molecule has 0 aliphatic carbocycles. The van der Waals surface area contributed by atoms with E-state index < -0.39 is 17.8 Å². The van der Waals surface area contributed by atoms with E-state index >= 15 is 0 Å². The molecular weight excluding hydrogens is 333 g/mol. The molecule has 2 atom stereocenters. The maximum absolute atomic E-state index is 12.9. The third-order valence-electron chi connectivity index (χ3n) is 3.63. The van der Waals surface area contributed by atoms with E-state index in [0.29, 0.717) is 19.6 Å². The van der Waals surface area contributed by atoms with Gasteiger partial charge in [0.1, 0.15) is 5.75 Å². The lowest BCUT2D eigenvalue weighted by atomic mass is 10.1. The lowest BCUT2D eigenvalue weighted by Gasteiger charge is -2.35. The number of nitrogens with zero attached hydrogens (tertiary/aromatic N) is 1. The number of amides is 1. The second-order valence-corrected chi connectivity index (χ2v) is 5.34. The van der Waals surface area contributed by atoms with Crippen molar-refractivity contribution in [2.24, 2.45) is 0 Å². The first-order valence-corrected chi connectivity index (χ1v) is 7.15. The molecule has 23 heavy (non-hydrogen) atoms. The number of halogens is 4. The zero-order valence-electron chi connectivity index (χ0n) is 12.9. The van der Waals surface area contributed by atoms with Gasteiger partial charge in [0.05, 0.1) is 5.56 Å². The van der Waals surface area contributed by atoms with Crippen molar-refractivity contribution in [3.63, 3.8) is 0 Å². The molecule has 130 valence electrons. The Bertz CT molecular complexity index is 540. The van der Waals surface area contributed by atoms with E-state index in [9.17, 15) is 18.0 Å². The van der Waals surface area contributed by atoms with Crippen LogP contribution in [0.1, 0.15) is 19.4 Å². The SMILES string of the molecule is CC(Oc1ccccc1C(F)(F)F)C(=O)N1CCNC[C@H]1C.Cl. The lowest BCUT2D eigenvalue weighted by molar-refractivity contribution is -0.145. The summed E-state index contributed by atoms with van der Waals surface area (Å²) >= 11 is 0. The zero-order chi connectivity index (χ0) is 16.3. The van der Waals surface area contributed by atoms with E-state index in [1.54, 1.807) is 4.90 Å². The maximum atomic E-state index is 12.9. The lowest BCUT2D eigenvalue weighted by Crippen LogP contribution is -2.55. The van der Waals surface area contributed by atoms with Gasteiger partial charge in [0.25, 0.3) is 5.91 Å². The number of piperazine rings is 1. The molecule has 1 heterocycles. The van der Waals surface area contributed by atoms with Gasteiger partial charge in [-0.25, -0.2) is 0 Å². The number of carbonyl (C=O) groups excluding carboxylic acids is 1. The molecule has 4 nitrogen and oxygen atoms in total. The Labute approximate surface area is 139 Å². The first-order chi connectivity index (χ1) is 10.3. The summed E-state index contributed by atoms with van der Waals surface area (Å²) in [6.07, 6.45) is -5.48. The van der Waals surface area contributed by atoms with Crippen LogP contribution in [0.5, 0.6) is 5.75 Å². The predicted molar refractivity (Wildman–Crippen MR) is 82.8 cm³/mol. The van der Waals surface area contributed by atoms with Crippen molar-refractivity contribution in [2.45, 2.75) is 32.2 Å². The van der Waals surface area contributed by atoms with Crippen LogP contribution >= 0.6 is 12.4 Å². The molecule has 1 amide bonds. The van der Waals surface area contributed by atoms with Gasteiger partial charge in [0.15, 0.2) is 6.10 Å². The Morgan fingerprint density at radius 3 is 2.65 bits per heavy atom.